The Morgan fingerprint density at radius 2 is 2.05 bits per heavy atom. The number of aliphatic hydroxyl groups is 1. The maximum absolute atomic E-state index is 13.1. The van der Waals surface area contributed by atoms with E-state index >= 15 is 0 Å². The van der Waals surface area contributed by atoms with E-state index in [0.717, 1.165) is 5.56 Å². The fourth-order valence-corrected chi connectivity index (χ4v) is 2.02. The number of fused-ring (bicyclic) bond motifs is 1. The maximum Gasteiger partial charge on any atom is 0.153 e. The van der Waals surface area contributed by atoms with Crippen molar-refractivity contribution in [1.29, 1.82) is 0 Å². The van der Waals surface area contributed by atoms with Gasteiger partial charge in [-0.15, -0.1) is 0 Å². The van der Waals surface area contributed by atoms with E-state index in [-0.39, 0.29) is 5.82 Å². The molecule has 3 rings (SSSR count). The van der Waals surface area contributed by atoms with Crippen LogP contribution in [-0.4, -0.2) is 10.1 Å². The van der Waals surface area contributed by atoms with Crippen LogP contribution in [0.25, 0.3) is 11.0 Å². The lowest BCUT2D eigenvalue weighted by Gasteiger charge is -2.07. The summed E-state index contributed by atoms with van der Waals surface area (Å²) in [4.78, 5) is 4.12. The van der Waals surface area contributed by atoms with Crippen LogP contribution < -0.4 is 0 Å². The Bertz CT molecular complexity index is 736. The van der Waals surface area contributed by atoms with Gasteiger partial charge in [0.25, 0.3) is 0 Å². The van der Waals surface area contributed by atoms with E-state index in [4.69, 9.17) is 4.42 Å². The highest BCUT2D eigenvalue weighted by atomic mass is 19.1. The molecule has 96 valence electrons. The Balaban J connectivity index is 2.04. The smallest absolute Gasteiger partial charge is 0.153 e. The molecule has 1 N–H and O–H groups in total. The Hall–Kier alpha value is -2.20. The number of hydrogen-bond donors (Lipinski definition) is 1. The highest BCUT2D eigenvalue weighted by molar-refractivity contribution is 5.78. The number of benzene rings is 1. The molecule has 3 nitrogen and oxygen atoms in total. The van der Waals surface area contributed by atoms with E-state index < -0.39 is 6.10 Å². The predicted octanol–water partition coefficient (Wildman–Crippen LogP) is 3.36. The normalized spacial score (nSPS) is 12.8. The minimum Gasteiger partial charge on any atom is -0.458 e. The van der Waals surface area contributed by atoms with Gasteiger partial charge in [-0.25, -0.2) is 4.39 Å². The lowest BCUT2D eigenvalue weighted by atomic mass is 10.1. The van der Waals surface area contributed by atoms with Crippen LogP contribution in [0.3, 0.4) is 0 Å². The third-order valence-electron chi connectivity index (χ3n) is 2.98. The van der Waals surface area contributed by atoms with Gasteiger partial charge in [-0.05, 0) is 48.9 Å². The minimum absolute atomic E-state index is 0.331. The zero-order valence-corrected chi connectivity index (χ0v) is 10.3. The fourth-order valence-electron chi connectivity index (χ4n) is 2.02. The third kappa shape index (κ3) is 2.22. The number of hydrogen-bond acceptors (Lipinski definition) is 3. The number of halogens is 1. The van der Waals surface area contributed by atoms with Gasteiger partial charge in [0, 0.05) is 11.6 Å². The molecular formula is C15H12FNO2. The first-order valence-corrected chi connectivity index (χ1v) is 5.93. The molecule has 3 aromatic rings. The summed E-state index contributed by atoms with van der Waals surface area (Å²) in [5.41, 5.74) is 2.06. The SMILES string of the molecule is Cc1ccnc(C(O)c2cc3cc(F)ccc3o2)c1. The van der Waals surface area contributed by atoms with Crippen molar-refractivity contribution in [2.24, 2.45) is 0 Å². The van der Waals surface area contributed by atoms with Gasteiger partial charge in [-0.1, -0.05) is 0 Å². The highest BCUT2D eigenvalue weighted by Crippen LogP contribution is 2.27. The lowest BCUT2D eigenvalue weighted by molar-refractivity contribution is 0.187. The quantitative estimate of drug-likeness (QED) is 0.765. The van der Waals surface area contributed by atoms with Gasteiger partial charge in [-0.2, -0.15) is 0 Å². The van der Waals surface area contributed by atoms with Crippen LogP contribution in [0, 0.1) is 12.7 Å². The first kappa shape index (κ1) is 11.9. The number of aryl methyl sites for hydroxylation is 1. The van der Waals surface area contributed by atoms with E-state index in [0.29, 0.717) is 22.4 Å². The average molecular weight is 257 g/mol. The van der Waals surface area contributed by atoms with Gasteiger partial charge in [0.05, 0.1) is 5.69 Å². The van der Waals surface area contributed by atoms with Crippen LogP contribution in [0.2, 0.25) is 0 Å². The Morgan fingerprint density at radius 1 is 1.21 bits per heavy atom. The largest absolute Gasteiger partial charge is 0.458 e. The lowest BCUT2D eigenvalue weighted by Crippen LogP contribution is -2.00. The summed E-state index contributed by atoms with van der Waals surface area (Å²) >= 11 is 0. The van der Waals surface area contributed by atoms with Crippen molar-refractivity contribution in [2.75, 3.05) is 0 Å². The molecule has 4 heteroatoms. The zero-order chi connectivity index (χ0) is 13.4. The number of nitrogens with zero attached hydrogens (tertiary/aromatic N) is 1. The highest BCUT2D eigenvalue weighted by Gasteiger charge is 2.17. The van der Waals surface area contributed by atoms with Crippen LogP contribution in [0.4, 0.5) is 4.39 Å². The molecule has 0 aliphatic rings. The van der Waals surface area contributed by atoms with Crippen molar-refractivity contribution in [3.8, 4) is 0 Å². The van der Waals surface area contributed by atoms with Gasteiger partial charge in [0.15, 0.2) is 6.10 Å². The summed E-state index contributed by atoms with van der Waals surface area (Å²) in [6.45, 7) is 1.92. The van der Waals surface area contributed by atoms with Crippen molar-refractivity contribution in [3.05, 3.63) is 65.4 Å². The number of aliphatic hydroxyl groups excluding tert-OH is 1. The van der Waals surface area contributed by atoms with E-state index in [9.17, 15) is 9.50 Å². The summed E-state index contributed by atoms with van der Waals surface area (Å²) in [5, 5.41) is 10.9. The Kier molecular flexibility index (Phi) is 2.80. The second-order valence-electron chi connectivity index (χ2n) is 4.49. The second-order valence-corrected chi connectivity index (χ2v) is 4.49. The molecule has 1 atom stereocenters. The molecule has 1 aromatic carbocycles. The van der Waals surface area contributed by atoms with Gasteiger partial charge in [0.2, 0.25) is 0 Å². The molecule has 2 aromatic heterocycles. The van der Waals surface area contributed by atoms with E-state index in [1.807, 2.05) is 13.0 Å². The molecule has 0 amide bonds. The maximum atomic E-state index is 13.1. The van der Waals surface area contributed by atoms with Crippen LogP contribution in [0.1, 0.15) is 23.1 Å². The molecule has 0 saturated heterocycles. The minimum atomic E-state index is -0.949. The summed E-state index contributed by atoms with van der Waals surface area (Å²) in [7, 11) is 0. The van der Waals surface area contributed by atoms with E-state index in [2.05, 4.69) is 4.98 Å². The monoisotopic (exact) mass is 257 g/mol. The number of aromatic nitrogens is 1. The number of rotatable bonds is 2. The first-order chi connectivity index (χ1) is 9.13. The van der Waals surface area contributed by atoms with Crippen LogP contribution in [-0.2, 0) is 0 Å². The molecule has 0 aliphatic heterocycles. The van der Waals surface area contributed by atoms with Gasteiger partial charge in [-0.3, -0.25) is 4.98 Å². The standard InChI is InChI=1S/C15H12FNO2/c1-9-4-5-17-12(6-9)15(18)14-8-10-7-11(16)2-3-13(10)19-14/h2-8,15,18H,1H3. The van der Waals surface area contributed by atoms with Gasteiger partial charge >= 0.3 is 0 Å². The van der Waals surface area contributed by atoms with Crippen LogP contribution in [0.15, 0.2) is 47.0 Å². The topological polar surface area (TPSA) is 46.3 Å². The van der Waals surface area contributed by atoms with Gasteiger partial charge in [0.1, 0.15) is 17.2 Å². The van der Waals surface area contributed by atoms with Crippen molar-refractivity contribution in [2.45, 2.75) is 13.0 Å². The molecule has 0 saturated carbocycles. The second kappa shape index (κ2) is 4.48. The molecule has 19 heavy (non-hydrogen) atoms. The van der Waals surface area contributed by atoms with Crippen molar-refractivity contribution < 1.29 is 13.9 Å². The summed E-state index contributed by atoms with van der Waals surface area (Å²) in [6, 6.07) is 9.52. The van der Waals surface area contributed by atoms with Crippen molar-refractivity contribution in [3.63, 3.8) is 0 Å². The van der Waals surface area contributed by atoms with Gasteiger partial charge < -0.3 is 9.52 Å². The van der Waals surface area contributed by atoms with Crippen molar-refractivity contribution in [1.82, 2.24) is 4.98 Å². The van der Waals surface area contributed by atoms with E-state index in [1.54, 1.807) is 24.4 Å². The summed E-state index contributed by atoms with van der Waals surface area (Å²) in [5.74, 6) is 0.0294. The molecule has 0 fully saturated rings. The Labute approximate surface area is 109 Å². The Morgan fingerprint density at radius 3 is 2.84 bits per heavy atom. The van der Waals surface area contributed by atoms with Crippen molar-refractivity contribution >= 4 is 11.0 Å². The molecule has 0 spiro atoms. The van der Waals surface area contributed by atoms with E-state index in [1.165, 1.54) is 12.1 Å². The molecular weight excluding hydrogens is 245 g/mol. The van der Waals surface area contributed by atoms with Crippen LogP contribution in [0.5, 0.6) is 0 Å². The average Bonchev–Trinajstić information content (AvgIpc) is 2.80. The first-order valence-electron chi connectivity index (χ1n) is 5.93. The molecule has 1 unspecified atom stereocenters. The molecule has 2 heterocycles. The number of pyridine rings is 1. The summed E-state index contributed by atoms with van der Waals surface area (Å²) in [6.07, 6.45) is 0.686. The number of furan rings is 1. The predicted molar refractivity (Wildman–Crippen MR) is 69.2 cm³/mol. The summed E-state index contributed by atoms with van der Waals surface area (Å²) < 4.78 is 18.6. The molecule has 0 bridgehead atoms. The molecule has 0 radical (unpaired) electrons. The van der Waals surface area contributed by atoms with Crippen LogP contribution >= 0.6 is 0 Å². The zero-order valence-electron chi connectivity index (χ0n) is 10.3. The fraction of sp³-hybridized carbons (Fsp3) is 0.133. The third-order valence-corrected chi connectivity index (χ3v) is 2.98. The molecule has 0 aliphatic carbocycles.